The van der Waals surface area contributed by atoms with Crippen molar-refractivity contribution in [2.45, 2.75) is 57.4 Å². The van der Waals surface area contributed by atoms with Gasteiger partial charge < -0.3 is 4.90 Å². The van der Waals surface area contributed by atoms with E-state index in [1.807, 2.05) is 4.90 Å². The van der Waals surface area contributed by atoms with Crippen molar-refractivity contribution in [3.05, 3.63) is 39.4 Å². The Balaban J connectivity index is 2.01. The number of amides is 1. The number of carbonyl (C=O) groups excluding carboxylic acids is 1. The van der Waals surface area contributed by atoms with Gasteiger partial charge in [-0.25, -0.2) is 0 Å². The lowest BCUT2D eigenvalue weighted by atomic mass is 9.76. The molecule has 1 aliphatic carbocycles. The maximum Gasteiger partial charge on any atom is 0.270 e. The Hall–Kier alpha value is -1.91. The quantitative estimate of drug-likeness (QED) is 0.618. The van der Waals surface area contributed by atoms with Crippen LogP contribution < -0.4 is 0 Å². The van der Waals surface area contributed by atoms with Crippen LogP contribution in [0.2, 0.25) is 0 Å². The van der Waals surface area contributed by atoms with Gasteiger partial charge in [0, 0.05) is 30.1 Å². The molecule has 1 saturated carbocycles. The van der Waals surface area contributed by atoms with Crippen LogP contribution in [0, 0.1) is 10.1 Å². The summed E-state index contributed by atoms with van der Waals surface area (Å²) in [7, 11) is 0. The molecule has 0 unspecified atom stereocenters. The van der Waals surface area contributed by atoms with Gasteiger partial charge in [0.25, 0.3) is 11.6 Å². The van der Waals surface area contributed by atoms with Gasteiger partial charge in [-0.3, -0.25) is 14.9 Å². The highest BCUT2D eigenvalue weighted by atomic mass is 16.6. The van der Waals surface area contributed by atoms with E-state index >= 15 is 0 Å². The van der Waals surface area contributed by atoms with E-state index in [2.05, 4.69) is 13.8 Å². The van der Waals surface area contributed by atoms with Gasteiger partial charge in [-0.1, -0.05) is 39.2 Å². The molecule has 0 aromatic heterocycles. The zero-order valence-electron chi connectivity index (χ0n) is 13.2. The van der Waals surface area contributed by atoms with E-state index in [0.29, 0.717) is 12.1 Å². The van der Waals surface area contributed by atoms with Crippen molar-refractivity contribution in [2.24, 2.45) is 0 Å². The SMILES string of the molecule is CC1(C)CN(C2CCCCC2)C(=O)c2cc([N+](=O)[O-])ccc21. The fourth-order valence-corrected chi connectivity index (χ4v) is 3.84. The molecular formula is C17H22N2O3. The minimum Gasteiger partial charge on any atom is -0.335 e. The molecule has 22 heavy (non-hydrogen) atoms. The molecule has 0 atom stereocenters. The monoisotopic (exact) mass is 302 g/mol. The smallest absolute Gasteiger partial charge is 0.270 e. The van der Waals surface area contributed by atoms with E-state index in [1.165, 1.54) is 18.6 Å². The van der Waals surface area contributed by atoms with Gasteiger partial charge in [-0.2, -0.15) is 0 Å². The number of non-ortho nitro benzene ring substituents is 1. The molecule has 1 aromatic rings. The minimum atomic E-state index is -0.430. The van der Waals surface area contributed by atoms with Crippen molar-refractivity contribution in [3.8, 4) is 0 Å². The average molecular weight is 302 g/mol. The normalized spacial score (nSPS) is 21.5. The van der Waals surface area contributed by atoms with Gasteiger partial charge in [-0.05, 0) is 18.4 Å². The summed E-state index contributed by atoms with van der Waals surface area (Å²) in [6.45, 7) is 4.92. The summed E-state index contributed by atoms with van der Waals surface area (Å²) in [6, 6.07) is 5.00. The minimum absolute atomic E-state index is 0.00612. The summed E-state index contributed by atoms with van der Waals surface area (Å²) in [5.41, 5.74) is 1.26. The maximum atomic E-state index is 12.9. The molecule has 1 amide bonds. The number of fused-ring (bicyclic) bond motifs is 1. The molecular weight excluding hydrogens is 280 g/mol. The van der Waals surface area contributed by atoms with Crippen LogP contribution in [0.15, 0.2) is 18.2 Å². The molecule has 0 radical (unpaired) electrons. The second-order valence-electron chi connectivity index (χ2n) is 7.10. The number of hydrogen-bond donors (Lipinski definition) is 0. The van der Waals surface area contributed by atoms with Crippen LogP contribution in [0.5, 0.6) is 0 Å². The van der Waals surface area contributed by atoms with Gasteiger partial charge in [-0.15, -0.1) is 0 Å². The predicted molar refractivity (Wildman–Crippen MR) is 84.0 cm³/mol. The van der Waals surface area contributed by atoms with Crippen molar-refractivity contribution in [3.63, 3.8) is 0 Å². The molecule has 1 aliphatic heterocycles. The van der Waals surface area contributed by atoms with Gasteiger partial charge in [0.15, 0.2) is 0 Å². The standard InChI is InChI=1S/C17H22N2O3/c1-17(2)11-18(12-6-4-3-5-7-12)16(20)14-10-13(19(21)22)8-9-15(14)17/h8-10,12H,3-7,11H2,1-2H3. The predicted octanol–water partition coefficient (Wildman–Crippen LogP) is 3.66. The van der Waals surface area contributed by atoms with Crippen LogP contribution in [0.4, 0.5) is 5.69 Å². The van der Waals surface area contributed by atoms with Crippen molar-refractivity contribution in [1.29, 1.82) is 0 Å². The van der Waals surface area contributed by atoms with Gasteiger partial charge in [0.1, 0.15) is 0 Å². The van der Waals surface area contributed by atoms with E-state index < -0.39 is 4.92 Å². The molecule has 1 aromatic carbocycles. The lowest BCUT2D eigenvalue weighted by molar-refractivity contribution is -0.384. The second kappa shape index (κ2) is 5.38. The zero-order chi connectivity index (χ0) is 15.9. The van der Waals surface area contributed by atoms with Gasteiger partial charge >= 0.3 is 0 Å². The van der Waals surface area contributed by atoms with Crippen molar-refractivity contribution in [1.82, 2.24) is 4.90 Å². The topological polar surface area (TPSA) is 63.5 Å². The number of hydrogen-bond acceptors (Lipinski definition) is 3. The summed E-state index contributed by atoms with van der Waals surface area (Å²) in [5.74, 6) is -0.0371. The summed E-state index contributed by atoms with van der Waals surface area (Å²) in [6.07, 6.45) is 5.66. The van der Waals surface area contributed by atoms with Crippen molar-refractivity contribution < 1.29 is 9.72 Å². The number of nitrogens with zero attached hydrogens (tertiary/aromatic N) is 2. The molecule has 0 spiro atoms. The molecule has 2 aliphatic rings. The lowest BCUT2D eigenvalue weighted by Gasteiger charge is -2.44. The fraction of sp³-hybridized carbons (Fsp3) is 0.588. The average Bonchev–Trinajstić information content (AvgIpc) is 2.51. The van der Waals surface area contributed by atoms with Crippen molar-refractivity contribution in [2.75, 3.05) is 6.54 Å². The third-order valence-corrected chi connectivity index (χ3v) is 5.02. The van der Waals surface area contributed by atoms with E-state index in [1.54, 1.807) is 6.07 Å². The molecule has 0 bridgehead atoms. The summed E-state index contributed by atoms with van der Waals surface area (Å²) < 4.78 is 0. The van der Waals surface area contributed by atoms with Crippen LogP contribution >= 0.6 is 0 Å². The van der Waals surface area contributed by atoms with E-state index in [-0.39, 0.29) is 23.1 Å². The first-order chi connectivity index (χ1) is 10.4. The third kappa shape index (κ3) is 2.49. The second-order valence-corrected chi connectivity index (χ2v) is 7.10. The highest BCUT2D eigenvalue weighted by molar-refractivity contribution is 5.98. The van der Waals surface area contributed by atoms with Crippen LogP contribution in [-0.4, -0.2) is 28.3 Å². The molecule has 118 valence electrons. The molecule has 1 fully saturated rings. The highest BCUT2D eigenvalue weighted by Crippen LogP contribution is 2.37. The Kier molecular flexibility index (Phi) is 3.67. The number of nitro benzene ring substituents is 1. The Morgan fingerprint density at radius 1 is 1.23 bits per heavy atom. The molecule has 5 nitrogen and oxygen atoms in total. The first-order valence-corrected chi connectivity index (χ1v) is 8.00. The summed E-state index contributed by atoms with van der Waals surface area (Å²) in [5, 5.41) is 11.0. The van der Waals surface area contributed by atoms with Crippen LogP contribution in [0.3, 0.4) is 0 Å². The maximum absolute atomic E-state index is 12.9. The summed E-state index contributed by atoms with van der Waals surface area (Å²) >= 11 is 0. The Bertz CT molecular complexity index is 618. The first-order valence-electron chi connectivity index (χ1n) is 8.00. The number of rotatable bonds is 2. The summed E-state index contributed by atoms with van der Waals surface area (Å²) in [4.78, 5) is 25.4. The Labute approximate surface area is 130 Å². The molecule has 0 saturated heterocycles. The number of nitro groups is 1. The van der Waals surface area contributed by atoms with Gasteiger partial charge in [0.2, 0.25) is 0 Å². The number of carbonyl (C=O) groups is 1. The van der Waals surface area contributed by atoms with Crippen LogP contribution in [0.25, 0.3) is 0 Å². The molecule has 1 heterocycles. The zero-order valence-corrected chi connectivity index (χ0v) is 13.2. The van der Waals surface area contributed by atoms with Crippen LogP contribution in [0.1, 0.15) is 61.9 Å². The Morgan fingerprint density at radius 3 is 2.55 bits per heavy atom. The first kappa shape index (κ1) is 15.0. The van der Waals surface area contributed by atoms with Crippen molar-refractivity contribution >= 4 is 11.6 Å². The van der Waals surface area contributed by atoms with Crippen LogP contribution in [-0.2, 0) is 5.41 Å². The van der Waals surface area contributed by atoms with E-state index in [4.69, 9.17) is 0 Å². The fourth-order valence-electron chi connectivity index (χ4n) is 3.84. The van der Waals surface area contributed by atoms with E-state index in [0.717, 1.165) is 31.2 Å². The molecule has 0 N–H and O–H groups in total. The number of benzene rings is 1. The third-order valence-electron chi connectivity index (χ3n) is 5.02. The Morgan fingerprint density at radius 2 is 1.91 bits per heavy atom. The highest BCUT2D eigenvalue weighted by Gasteiger charge is 2.40. The molecule has 5 heteroatoms. The van der Waals surface area contributed by atoms with Gasteiger partial charge in [0.05, 0.1) is 10.5 Å². The van der Waals surface area contributed by atoms with E-state index in [9.17, 15) is 14.9 Å². The lowest BCUT2D eigenvalue weighted by Crippen LogP contribution is -2.51. The largest absolute Gasteiger partial charge is 0.335 e. The molecule has 3 rings (SSSR count).